The van der Waals surface area contributed by atoms with Crippen LogP contribution >= 0.6 is 0 Å². The van der Waals surface area contributed by atoms with Crippen LogP contribution in [0.5, 0.6) is 0 Å². The van der Waals surface area contributed by atoms with Crippen LogP contribution < -0.4 is 16.4 Å². The molecule has 0 saturated heterocycles. The minimum atomic E-state index is -0.469. The molecule has 0 saturated carbocycles. The highest BCUT2D eigenvalue weighted by atomic mass is 16.5. The fourth-order valence-electron chi connectivity index (χ4n) is 1.55. The van der Waals surface area contributed by atoms with E-state index in [0.717, 1.165) is 23.7 Å². The molecule has 1 heterocycles. The standard InChI is InChI=1S/C12H21N5O2/c1-4-14-11-8(2)12(17-9(3)16-11)15-5-6-19-7-10(13)18/h4-7H2,1-3H3,(H2,13,18)(H2,14,15,16,17). The Kier molecular flexibility index (Phi) is 6.01. The summed E-state index contributed by atoms with van der Waals surface area (Å²) >= 11 is 0. The molecule has 106 valence electrons. The molecule has 0 aliphatic rings. The molecule has 1 aromatic heterocycles. The van der Waals surface area contributed by atoms with Crippen molar-refractivity contribution in [2.45, 2.75) is 20.8 Å². The molecule has 4 N–H and O–H groups in total. The number of carbonyl (C=O) groups is 1. The molecule has 0 bridgehead atoms. The normalized spacial score (nSPS) is 10.3. The summed E-state index contributed by atoms with van der Waals surface area (Å²) in [5.74, 6) is 1.83. The van der Waals surface area contributed by atoms with Gasteiger partial charge in [0, 0.05) is 18.7 Å². The number of hydrogen-bond donors (Lipinski definition) is 3. The van der Waals surface area contributed by atoms with Crippen molar-refractivity contribution in [2.75, 3.05) is 36.9 Å². The van der Waals surface area contributed by atoms with Crippen LogP contribution in [0.4, 0.5) is 11.6 Å². The van der Waals surface area contributed by atoms with Gasteiger partial charge in [-0.3, -0.25) is 4.79 Å². The van der Waals surface area contributed by atoms with E-state index in [1.54, 1.807) is 0 Å². The van der Waals surface area contributed by atoms with Crippen molar-refractivity contribution in [2.24, 2.45) is 5.73 Å². The number of rotatable bonds is 8. The summed E-state index contributed by atoms with van der Waals surface area (Å²) in [5, 5.41) is 6.35. The molecule has 7 nitrogen and oxygen atoms in total. The second-order valence-corrected chi connectivity index (χ2v) is 4.07. The van der Waals surface area contributed by atoms with Crippen molar-refractivity contribution in [3.05, 3.63) is 11.4 Å². The van der Waals surface area contributed by atoms with Crippen LogP contribution in [0, 0.1) is 13.8 Å². The molecule has 0 aromatic carbocycles. The Bertz CT molecular complexity index is 436. The maximum absolute atomic E-state index is 10.5. The molecule has 1 aromatic rings. The van der Waals surface area contributed by atoms with E-state index in [-0.39, 0.29) is 6.61 Å². The third-order valence-corrected chi connectivity index (χ3v) is 2.39. The highest BCUT2D eigenvalue weighted by molar-refractivity contribution is 5.74. The minimum Gasteiger partial charge on any atom is -0.370 e. The summed E-state index contributed by atoms with van der Waals surface area (Å²) in [7, 11) is 0. The second-order valence-electron chi connectivity index (χ2n) is 4.07. The molecule has 1 rings (SSSR count). The van der Waals surface area contributed by atoms with Crippen molar-refractivity contribution < 1.29 is 9.53 Å². The average molecular weight is 267 g/mol. The quantitative estimate of drug-likeness (QED) is 0.591. The van der Waals surface area contributed by atoms with Gasteiger partial charge in [0.05, 0.1) is 6.61 Å². The van der Waals surface area contributed by atoms with Crippen molar-refractivity contribution in [1.82, 2.24) is 9.97 Å². The van der Waals surface area contributed by atoms with Crippen LogP contribution in [0.1, 0.15) is 18.3 Å². The Hall–Kier alpha value is -1.89. The second kappa shape index (κ2) is 7.52. The number of primary amides is 1. The van der Waals surface area contributed by atoms with Gasteiger partial charge in [-0.2, -0.15) is 0 Å². The summed E-state index contributed by atoms with van der Waals surface area (Å²) in [5.41, 5.74) is 5.93. The van der Waals surface area contributed by atoms with Crippen molar-refractivity contribution in [3.8, 4) is 0 Å². The molecule has 0 unspecified atom stereocenters. The van der Waals surface area contributed by atoms with Gasteiger partial charge in [-0.05, 0) is 20.8 Å². The number of nitrogens with two attached hydrogens (primary N) is 1. The SMILES string of the molecule is CCNc1nc(C)nc(NCCOCC(N)=O)c1C. The van der Waals surface area contributed by atoms with Gasteiger partial charge < -0.3 is 21.1 Å². The summed E-state index contributed by atoms with van der Waals surface area (Å²) < 4.78 is 5.07. The van der Waals surface area contributed by atoms with Crippen LogP contribution in [0.3, 0.4) is 0 Å². The highest BCUT2D eigenvalue weighted by Gasteiger charge is 2.07. The zero-order valence-electron chi connectivity index (χ0n) is 11.6. The number of amides is 1. The lowest BCUT2D eigenvalue weighted by Crippen LogP contribution is -2.21. The first-order chi connectivity index (χ1) is 9.04. The molecule has 1 amide bonds. The maximum Gasteiger partial charge on any atom is 0.243 e. The third kappa shape index (κ3) is 5.09. The first-order valence-corrected chi connectivity index (χ1v) is 6.23. The molecular formula is C12H21N5O2. The third-order valence-electron chi connectivity index (χ3n) is 2.39. The highest BCUT2D eigenvalue weighted by Crippen LogP contribution is 2.19. The average Bonchev–Trinajstić information content (AvgIpc) is 2.34. The van der Waals surface area contributed by atoms with Crippen LogP contribution in [0.2, 0.25) is 0 Å². The van der Waals surface area contributed by atoms with Gasteiger partial charge in [-0.15, -0.1) is 0 Å². The van der Waals surface area contributed by atoms with Gasteiger partial charge in [-0.25, -0.2) is 9.97 Å². The smallest absolute Gasteiger partial charge is 0.243 e. The number of ether oxygens (including phenoxy) is 1. The minimum absolute atomic E-state index is 0.0634. The first-order valence-electron chi connectivity index (χ1n) is 6.23. The molecule has 19 heavy (non-hydrogen) atoms. The number of aryl methyl sites for hydroxylation is 1. The molecule has 0 radical (unpaired) electrons. The van der Waals surface area contributed by atoms with Crippen LogP contribution in [0.15, 0.2) is 0 Å². The van der Waals surface area contributed by atoms with E-state index in [9.17, 15) is 4.79 Å². The number of nitrogens with one attached hydrogen (secondary N) is 2. The number of aromatic nitrogens is 2. The van der Waals surface area contributed by atoms with Gasteiger partial charge in [-0.1, -0.05) is 0 Å². The fourth-order valence-corrected chi connectivity index (χ4v) is 1.55. The van der Waals surface area contributed by atoms with E-state index in [2.05, 4.69) is 20.6 Å². The van der Waals surface area contributed by atoms with Crippen LogP contribution in [-0.4, -0.2) is 42.2 Å². The lowest BCUT2D eigenvalue weighted by molar-refractivity contribution is -0.122. The van der Waals surface area contributed by atoms with E-state index in [0.29, 0.717) is 19.0 Å². The number of anilines is 2. The van der Waals surface area contributed by atoms with E-state index < -0.39 is 5.91 Å². The monoisotopic (exact) mass is 267 g/mol. The van der Waals surface area contributed by atoms with E-state index in [1.807, 2.05) is 20.8 Å². The van der Waals surface area contributed by atoms with Crippen molar-refractivity contribution in [1.29, 1.82) is 0 Å². The Morgan fingerprint density at radius 3 is 2.47 bits per heavy atom. The lowest BCUT2D eigenvalue weighted by Gasteiger charge is -2.13. The van der Waals surface area contributed by atoms with E-state index in [1.165, 1.54) is 0 Å². The zero-order valence-corrected chi connectivity index (χ0v) is 11.6. The molecule has 7 heteroatoms. The van der Waals surface area contributed by atoms with Gasteiger partial charge in [0.1, 0.15) is 24.1 Å². The fraction of sp³-hybridized carbons (Fsp3) is 0.583. The summed E-state index contributed by atoms with van der Waals surface area (Å²) in [6, 6.07) is 0. The summed E-state index contributed by atoms with van der Waals surface area (Å²) in [6.45, 7) is 7.49. The number of carbonyl (C=O) groups excluding carboxylic acids is 1. The molecule has 0 aliphatic heterocycles. The predicted molar refractivity (Wildman–Crippen MR) is 74.2 cm³/mol. The van der Waals surface area contributed by atoms with Crippen LogP contribution in [0.25, 0.3) is 0 Å². The topological polar surface area (TPSA) is 102 Å². The van der Waals surface area contributed by atoms with E-state index >= 15 is 0 Å². The largest absolute Gasteiger partial charge is 0.370 e. The Morgan fingerprint density at radius 1 is 1.26 bits per heavy atom. The van der Waals surface area contributed by atoms with Crippen molar-refractivity contribution >= 4 is 17.5 Å². The van der Waals surface area contributed by atoms with Gasteiger partial charge in [0.2, 0.25) is 5.91 Å². The predicted octanol–water partition coefficient (Wildman–Crippen LogP) is 0.439. The molecule has 0 fully saturated rings. The van der Waals surface area contributed by atoms with Crippen molar-refractivity contribution in [3.63, 3.8) is 0 Å². The first kappa shape index (κ1) is 15.2. The van der Waals surface area contributed by atoms with Gasteiger partial charge >= 0.3 is 0 Å². The van der Waals surface area contributed by atoms with Gasteiger partial charge in [0.15, 0.2) is 0 Å². The molecule has 0 spiro atoms. The van der Waals surface area contributed by atoms with E-state index in [4.69, 9.17) is 10.5 Å². The van der Waals surface area contributed by atoms with Crippen LogP contribution in [-0.2, 0) is 9.53 Å². The summed E-state index contributed by atoms with van der Waals surface area (Å²) in [4.78, 5) is 19.2. The Balaban J connectivity index is 2.55. The molecular weight excluding hydrogens is 246 g/mol. The number of hydrogen-bond acceptors (Lipinski definition) is 6. The molecule has 0 atom stereocenters. The lowest BCUT2D eigenvalue weighted by atomic mass is 10.3. The van der Waals surface area contributed by atoms with Gasteiger partial charge in [0.25, 0.3) is 0 Å². The number of nitrogens with zero attached hydrogens (tertiary/aromatic N) is 2. The zero-order chi connectivity index (χ0) is 14.3. The Morgan fingerprint density at radius 2 is 1.89 bits per heavy atom. The molecule has 0 aliphatic carbocycles. The summed E-state index contributed by atoms with van der Waals surface area (Å²) in [6.07, 6.45) is 0. The maximum atomic E-state index is 10.5. The Labute approximate surface area is 113 Å².